The van der Waals surface area contributed by atoms with Crippen LogP contribution in [0.25, 0.3) is 34.4 Å². The SMILES string of the molecule is C=Cc1ccc(Oc2ccc(C3(c4c(F)cc(F)cc4F)c4ccccc4-c4ccc(N(c5ccc(F)cc5)c5ccc6c(c5)C(c5ccc(Oc7ccc(C=C)cc7)cc5)(c5c(F)cc(F)cc5F)c5ccccc5-6)cc43)cc2)cc1. The molecule has 3 nitrogen and oxygen atoms in total. The topological polar surface area (TPSA) is 21.7 Å². The molecule has 0 amide bonds. The average Bonchev–Trinajstić information content (AvgIpc) is 2.03. The van der Waals surface area contributed by atoms with Crippen molar-refractivity contribution in [2.45, 2.75) is 10.8 Å². The highest BCUT2D eigenvalue weighted by Crippen LogP contribution is 2.61. The normalized spacial score (nSPS) is 15.5. The van der Waals surface area contributed by atoms with Crippen molar-refractivity contribution in [3.8, 4) is 45.3 Å². The van der Waals surface area contributed by atoms with Crippen LogP contribution in [0.5, 0.6) is 23.0 Å². The van der Waals surface area contributed by atoms with E-state index in [1.165, 1.54) is 12.1 Å². The van der Waals surface area contributed by atoms with Crippen LogP contribution >= 0.6 is 0 Å². The number of ether oxygens (including phenoxy) is 2. The number of hydrogen-bond acceptors (Lipinski definition) is 3. The van der Waals surface area contributed by atoms with E-state index in [0.29, 0.717) is 120 Å². The molecule has 398 valence electrons. The number of nitrogens with zero attached hydrogens (tertiary/aromatic N) is 1. The van der Waals surface area contributed by atoms with Gasteiger partial charge in [0.05, 0.1) is 10.8 Å². The van der Waals surface area contributed by atoms with Crippen LogP contribution in [0.1, 0.15) is 55.6 Å². The second-order valence-electron chi connectivity index (χ2n) is 20.2. The van der Waals surface area contributed by atoms with Gasteiger partial charge in [-0.2, -0.15) is 0 Å². The molecular weight excluding hydrogens is 1040 g/mol. The van der Waals surface area contributed by atoms with Crippen LogP contribution in [-0.4, -0.2) is 0 Å². The maximum absolute atomic E-state index is 17.1. The summed E-state index contributed by atoms with van der Waals surface area (Å²) in [7, 11) is 0. The van der Waals surface area contributed by atoms with Crippen LogP contribution in [-0.2, 0) is 10.8 Å². The molecule has 11 aromatic rings. The lowest BCUT2D eigenvalue weighted by molar-refractivity contribution is 0.481. The molecule has 0 spiro atoms. The van der Waals surface area contributed by atoms with Gasteiger partial charge >= 0.3 is 0 Å². The lowest BCUT2D eigenvalue weighted by Gasteiger charge is -2.36. The zero-order valence-corrected chi connectivity index (χ0v) is 43.4. The van der Waals surface area contributed by atoms with E-state index in [1.807, 2.05) is 89.8 Å². The van der Waals surface area contributed by atoms with Crippen molar-refractivity contribution in [1.82, 2.24) is 0 Å². The molecule has 10 heteroatoms. The highest BCUT2D eigenvalue weighted by atomic mass is 19.2. The van der Waals surface area contributed by atoms with Gasteiger partial charge in [-0.3, -0.25) is 0 Å². The number of fused-ring (bicyclic) bond motifs is 6. The van der Waals surface area contributed by atoms with Crippen molar-refractivity contribution in [3.63, 3.8) is 0 Å². The van der Waals surface area contributed by atoms with Crippen LogP contribution in [0.15, 0.2) is 244 Å². The summed E-state index contributed by atoms with van der Waals surface area (Å²) in [5, 5.41) is 0. The average molecular weight is 1090 g/mol. The minimum absolute atomic E-state index is 0.424. The molecule has 0 fully saturated rings. The lowest BCUT2D eigenvalue weighted by atomic mass is 9.67. The number of benzene rings is 11. The van der Waals surface area contributed by atoms with Crippen molar-refractivity contribution in [3.05, 3.63) is 340 Å². The van der Waals surface area contributed by atoms with Crippen molar-refractivity contribution in [2.24, 2.45) is 0 Å². The zero-order chi connectivity index (χ0) is 56.4. The molecule has 0 radical (unpaired) electrons. The Morgan fingerprint density at radius 3 is 1.01 bits per heavy atom. The molecule has 0 aromatic heterocycles. The first-order valence-corrected chi connectivity index (χ1v) is 26.3. The van der Waals surface area contributed by atoms with Crippen molar-refractivity contribution >= 4 is 29.2 Å². The molecule has 0 bridgehead atoms. The zero-order valence-electron chi connectivity index (χ0n) is 43.4. The number of anilines is 3. The number of hydrogen-bond donors (Lipinski definition) is 0. The molecule has 82 heavy (non-hydrogen) atoms. The Hall–Kier alpha value is -10.2. The second kappa shape index (κ2) is 20.2. The molecule has 2 aliphatic rings. The van der Waals surface area contributed by atoms with Crippen LogP contribution in [0.4, 0.5) is 47.8 Å². The molecule has 2 aliphatic carbocycles. The third-order valence-corrected chi connectivity index (χ3v) is 15.7. The van der Waals surface area contributed by atoms with Gasteiger partial charge < -0.3 is 14.4 Å². The summed E-state index contributed by atoms with van der Waals surface area (Å²) >= 11 is 0. The molecule has 13 rings (SSSR count). The van der Waals surface area contributed by atoms with Crippen molar-refractivity contribution < 1.29 is 40.2 Å². The van der Waals surface area contributed by atoms with Gasteiger partial charge in [0, 0.05) is 52.5 Å². The maximum Gasteiger partial charge on any atom is 0.133 e. The largest absolute Gasteiger partial charge is 0.457 e. The van der Waals surface area contributed by atoms with Gasteiger partial charge in [-0.05, 0) is 164 Å². The minimum atomic E-state index is -1.78. The first kappa shape index (κ1) is 51.3. The fourth-order valence-electron chi connectivity index (χ4n) is 12.3. The predicted octanol–water partition coefficient (Wildman–Crippen LogP) is 19.7. The van der Waals surface area contributed by atoms with E-state index >= 15 is 30.7 Å². The maximum atomic E-state index is 17.1. The van der Waals surface area contributed by atoms with Gasteiger partial charge in [-0.15, -0.1) is 0 Å². The molecule has 0 saturated carbocycles. The van der Waals surface area contributed by atoms with Crippen LogP contribution in [0.3, 0.4) is 0 Å². The summed E-state index contributed by atoms with van der Waals surface area (Å²) in [6.45, 7) is 7.64. The monoisotopic (exact) mass is 1090 g/mol. The second-order valence-corrected chi connectivity index (χ2v) is 20.2. The third kappa shape index (κ3) is 8.28. The predicted molar refractivity (Wildman–Crippen MR) is 309 cm³/mol. The summed E-state index contributed by atoms with van der Waals surface area (Å²) in [5.41, 5.74) is 3.97. The Morgan fingerprint density at radius 2 is 0.646 bits per heavy atom. The van der Waals surface area contributed by atoms with E-state index in [9.17, 15) is 0 Å². The quantitative estimate of drug-likeness (QED) is 0.107. The lowest BCUT2D eigenvalue weighted by Crippen LogP contribution is -2.32. The molecule has 0 aliphatic heterocycles. The van der Waals surface area contributed by atoms with Gasteiger partial charge in [0.25, 0.3) is 0 Å². The minimum Gasteiger partial charge on any atom is -0.457 e. The smallest absolute Gasteiger partial charge is 0.133 e. The molecule has 0 heterocycles. The Balaban J connectivity index is 1.03. The van der Waals surface area contributed by atoms with Crippen molar-refractivity contribution in [2.75, 3.05) is 4.90 Å². The van der Waals surface area contributed by atoms with E-state index in [0.717, 1.165) is 11.1 Å². The third-order valence-electron chi connectivity index (χ3n) is 15.7. The van der Waals surface area contributed by atoms with Gasteiger partial charge in [-0.25, -0.2) is 30.7 Å². The summed E-state index contributed by atoms with van der Waals surface area (Å²) in [5.74, 6) is -5.27. The molecular formula is C72H44F7NO2. The van der Waals surface area contributed by atoms with E-state index in [4.69, 9.17) is 9.47 Å². The summed E-state index contributed by atoms with van der Waals surface area (Å²) in [6, 6.07) is 62.3. The standard InChI is InChI=1S/C72H44F7NO2/c1-3-43-13-27-53(28-14-43)81-55-31-17-45(18-32-55)71(69-65(76)37-48(74)38-66(69)77)61-11-7-5-9-57(61)59-35-25-51(41-63(59)71)80(50-23-21-47(73)22-24-50)52-26-36-60-58-10-6-8-12-62(58)72(64(60)42-52,70-67(78)39-49(75)40-68(70)79)46-19-33-56(34-20-46)82-54-29-15-44(4-2)16-30-54/h3-42H,1-2H2. The molecule has 2 unspecified atom stereocenters. The van der Waals surface area contributed by atoms with Crippen molar-refractivity contribution in [1.29, 1.82) is 0 Å². The van der Waals surface area contributed by atoms with E-state index in [-0.39, 0.29) is 0 Å². The first-order chi connectivity index (χ1) is 39.9. The van der Waals surface area contributed by atoms with Gasteiger partial charge in [0.15, 0.2) is 0 Å². The first-order valence-electron chi connectivity index (χ1n) is 26.3. The van der Waals surface area contributed by atoms with E-state index < -0.39 is 62.7 Å². The fraction of sp³-hybridized carbons (Fsp3) is 0.0278. The van der Waals surface area contributed by atoms with E-state index in [2.05, 4.69) is 13.2 Å². The van der Waals surface area contributed by atoms with Gasteiger partial charge in [0.2, 0.25) is 0 Å². The van der Waals surface area contributed by atoms with Crippen LogP contribution in [0.2, 0.25) is 0 Å². The highest BCUT2D eigenvalue weighted by Gasteiger charge is 2.51. The van der Waals surface area contributed by atoms with Gasteiger partial charge in [-0.1, -0.05) is 135 Å². The van der Waals surface area contributed by atoms with E-state index in [1.54, 1.807) is 121 Å². The molecule has 0 N–H and O–H groups in total. The Bertz CT molecular complexity index is 4030. The Kier molecular flexibility index (Phi) is 12.6. The fourth-order valence-corrected chi connectivity index (χ4v) is 12.3. The van der Waals surface area contributed by atoms with Crippen LogP contribution in [0, 0.1) is 40.7 Å². The van der Waals surface area contributed by atoms with Gasteiger partial charge in [0.1, 0.15) is 63.7 Å². The Morgan fingerprint density at radius 1 is 0.317 bits per heavy atom. The summed E-state index contributed by atoms with van der Waals surface area (Å²) in [4.78, 5) is 1.82. The summed E-state index contributed by atoms with van der Waals surface area (Å²) < 4.78 is 126. The number of halogens is 7. The molecule has 0 saturated heterocycles. The van der Waals surface area contributed by atoms with Crippen LogP contribution < -0.4 is 14.4 Å². The Labute approximate surface area is 468 Å². The molecule has 2 atom stereocenters. The molecule has 11 aromatic carbocycles. The number of rotatable bonds is 13. The highest BCUT2D eigenvalue weighted by molar-refractivity contribution is 5.92. The summed E-state index contributed by atoms with van der Waals surface area (Å²) in [6.07, 6.45) is 3.43.